The number of carbonyl (C=O) groups is 2. The quantitative estimate of drug-likeness (QED) is 0.210. The summed E-state index contributed by atoms with van der Waals surface area (Å²) in [4.78, 5) is 26.7. The Labute approximate surface area is 263 Å². The number of allylic oxidation sites excluding steroid dienone is 1. The van der Waals surface area contributed by atoms with Crippen molar-refractivity contribution in [3.8, 4) is 0 Å². The summed E-state index contributed by atoms with van der Waals surface area (Å²) in [7, 11) is 0. The van der Waals surface area contributed by atoms with Gasteiger partial charge in [0.2, 0.25) is 0 Å². The molecule has 0 bridgehead atoms. The van der Waals surface area contributed by atoms with Gasteiger partial charge in [0.15, 0.2) is 12.1 Å². The zero-order valence-corrected chi connectivity index (χ0v) is 26.5. The van der Waals surface area contributed by atoms with Crippen molar-refractivity contribution in [2.24, 2.45) is 40.4 Å². The van der Waals surface area contributed by atoms with Gasteiger partial charge in [0.05, 0.1) is 30.3 Å². The van der Waals surface area contributed by atoms with E-state index in [0.29, 0.717) is 30.3 Å². The summed E-state index contributed by atoms with van der Waals surface area (Å²) in [5.41, 5.74) is -0.836. The first-order chi connectivity index (χ1) is 21.3. The van der Waals surface area contributed by atoms with Crippen molar-refractivity contribution in [3.05, 3.63) is 23.3 Å². The van der Waals surface area contributed by atoms with E-state index in [0.717, 1.165) is 31.3 Å². The topological polar surface area (TPSA) is 176 Å². The second-order valence-electron chi connectivity index (χ2n) is 15.4. The Bertz CT molecular complexity index is 1290. The average molecular weight is 633 g/mol. The van der Waals surface area contributed by atoms with Gasteiger partial charge in [-0.3, -0.25) is 4.79 Å². The SMILES string of the molecule is CC1=C(CO[C@@H]2O[C@H](CO)[C@@H](O)[C@H](O)[C@H]2O)C(=O)O[C@@H]([C@@H](C)[C@H]2CC[C@H]3[C@@H]4[C@@H]5O[C@@H]5[C@@]5(O)CC=CC(=O)[C@]5(C)[C@H]4CC[C@]23C)C1. The lowest BCUT2D eigenvalue weighted by molar-refractivity contribution is -0.299. The second kappa shape index (κ2) is 10.9. The van der Waals surface area contributed by atoms with E-state index in [1.807, 2.05) is 13.8 Å². The largest absolute Gasteiger partial charge is 0.458 e. The minimum Gasteiger partial charge on any atom is -0.458 e. The molecule has 0 aromatic rings. The number of ether oxygens (including phenoxy) is 4. The Morgan fingerprint density at radius 3 is 2.51 bits per heavy atom. The van der Waals surface area contributed by atoms with Crippen LogP contribution in [0.15, 0.2) is 23.3 Å². The van der Waals surface area contributed by atoms with Crippen LogP contribution in [0.25, 0.3) is 0 Å². The number of aliphatic hydroxyl groups is 5. The molecular weight excluding hydrogens is 584 g/mol. The number of aliphatic hydroxyl groups excluding tert-OH is 4. The first kappa shape index (κ1) is 31.9. The summed E-state index contributed by atoms with van der Waals surface area (Å²) in [6.07, 6.45) is 0.632. The van der Waals surface area contributed by atoms with Gasteiger partial charge in [0.25, 0.3) is 0 Å². The Morgan fingerprint density at radius 1 is 1.04 bits per heavy atom. The highest BCUT2D eigenvalue weighted by atomic mass is 16.7. The van der Waals surface area contributed by atoms with Crippen molar-refractivity contribution in [3.63, 3.8) is 0 Å². The molecule has 7 rings (SSSR count). The fourth-order valence-corrected chi connectivity index (χ4v) is 10.8. The van der Waals surface area contributed by atoms with Crippen molar-refractivity contribution in [2.45, 2.75) is 121 Å². The van der Waals surface area contributed by atoms with Gasteiger partial charge in [0, 0.05) is 6.42 Å². The van der Waals surface area contributed by atoms with Gasteiger partial charge in [0.1, 0.15) is 42.2 Å². The third-order valence-electron chi connectivity index (χ3n) is 13.6. The molecule has 0 spiro atoms. The lowest BCUT2D eigenvalue weighted by atomic mass is 9.43. The standard InChI is InChI=1S/C34H48O11/c1-15-12-21(43-30(40)17(15)14-42-31-27(39)26(38)25(37)22(13-35)44-31)16(2)18-7-8-19-24-20(9-11-32(18,19)3)33(4)23(36)6-5-10-34(33,41)29-28(24)45-29/h5-6,16,18-22,24-29,31,35,37-39,41H,7-14H2,1-4H3/t16-,18+,19-,20-,21+,22+,24-,25+,26-,27+,28-,29-,31+,32+,33-,34-/m0/s1. The molecule has 4 aliphatic carbocycles. The number of fused-ring (bicyclic) bond motifs is 8. The van der Waals surface area contributed by atoms with E-state index >= 15 is 0 Å². The lowest BCUT2D eigenvalue weighted by Gasteiger charge is -2.60. The van der Waals surface area contributed by atoms with Gasteiger partial charge in [-0.15, -0.1) is 0 Å². The van der Waals surface area contributed by atoms with Crippen molar-refractivity contribution in [2.75, 3.05) is 13.2 Å². The molecule has 11 heteroatoms. The molecular formula is C34H48O11. The van der Waals surface area contributed by atoms with Crippen LogP contribution in [0.5, 0.6) is 0 Å². The zero-order valence-electron chi connectivity index (χ0n) is 26.5. The van der Waals surface area contributed by atoms with Crippen LogP contribution in [-0.4, -0.2) is 105 Å². The molecule has 250 valence electrons. The smallest absolute Gasteiger partial charge is 0.336 e. The Balaban J connectivity index is 1.04. The van der Waals surface area contributed by atoms with Gasteiger partial charge in [-0.1, -0.05) is 25.5 Å². The van der Waals surface area contributed by atoms with Crippen molar-refractivity contribution in [1.29, 1.82) is 0 Å². The van der Waals surface area contributed by atoms with E-state index in [4.69, 9.17) is 18.9 Å². The maximum absolute atomic E-state index is 13.4. The third-order valence-corrected chi connectivity index (χ3v) is 13.6. The van der Waals surface area contributed by atoms with Crippen LogP contribution in [0.4, 0.5) is 0 Å². The van der Waals surface area contributed by atoms with Crippen LogP contribution < -0.4 is 0 Å². The number of cyclic esters (lactones) is 1. The lowest BCUT2D eigenvalue weighted by Crippen LogP contribution is -2.67. The number of ketones is 1. The summed E-state index contributed by atoms with van der Waals surface area (Å²) in [5.74, 6) is 0.587. The van der Waals surface area contributed by atoms with Crippen LogP contribution in [-0.2, 0) is 28.5 Å². The van der Waals surface area contributed by atoms with Gasteiger partial charge in [-0.25, -0.2) is 4.79 Å². The molecule has 3 heterocycles. The first-order valence-corrected chi connectivity index (χ1v) is 16.7. The van der Waals surface area contributed by atoms with Crippen LogP contribution in [0.2, 0.25) is 0 Å². The number of hydrogen-bond acceptors (Lipinski definition) is 11. The van der Waals surface area contributed by atoms with Crippen molar-refractivity contribution in [1.82, 2.24) is 0 Å². The average Bonchev–Trinajstić information content (AvgIpc) is 3.74. The van der Waals surface area contributed by atoms with Crippen molar-refractivity contribution >= 4 is 11.8 Å². The van der Waals surface area contributed by atoms with Gasteiger partial charge >= 0.3 is 5.97 Å². The molecule has 45 heavy (non-hydrogen) atoms. The molecule has 7 aliphatic rings. The molecule has 0 amide bonds. The zero-order chi connectivity index (χ0) is 32.2. The summed E-state index contributed by atoms with van der Waals surface area (Å²) < 4.78 is 23.4. The van der Waals surface area contributed by atoms with Crippen LogP contribution in [0.3, 0.4) is 0 Å². The second-order valence-corrected chi connectivity index (χ2v) is 15.4. The predicted octanol–water partition coefficient (Wildman–Crippen LogP) is 1.18. The minimum absolute atomic E-state index is 0.00697. The van der Waals surface area contributed by atoms with E-state index in [-0.39, 0.29) is 53.9 Å². The molecule has 3 aliphatic heterocycles. The van der Waals surface area contributed by atoms with E-state index < -0.39 is 54.3 Å². The predicted molar refractivity (Wildman–Crippen MR) is 157 cm³/mol. The summed E-state index contributed by atoms with van der Waals surface area (Å²) in [6.45, 7) is 7.63. The van der Waals surface area contributed by atoms with Gasteiger partial charge in [-0.05, 0) is 87.0 Å². The third kappa shape index (κ3) is 4.45. The normalized spacial score (nSPS) is 52.8. The fraction of sp³-hybridized carbons (Fsp3) is 0.824. The van der Waals surface area contributed by atoms with E-state index in [2.05, 4.69) is 13.8 Å². The molecule has 11 nitrogen and oxygen atoms in total. The molecule has 5 fully saturated rings. The van der Waals surface area contributed by atoms with E-state index in [9.17, 15) is 35.1 Å². The van der Waals surface area contributed by atoms with E-state index in [1.165, 1.54) is 0 Å². The van der Waals surface area contributed by atoms with E-state index in [1.54, 1.807) is 12.2 Å². The number of esters is 1. The van der Waals surface area contributed by atoms with Crippen LogP contribution in [0, 0.1) is 40.4 Å². The number of epoxide rings is 1. The Morgan fingerprint density at radius 2 is 1.80 bits per heavy atom. The molecule has 5 N–H and O–H groups in total. The van der Waals surface area contributed by atoms with Gasteiger partial charge in [-0.2, -0.15) is 0 Å². The molecule has 16 atom stereocenters. The summed E-state index contributed by atoms with van der Waals surface area (Å²) in [6, 6.07) is 0. The maximum atomic E-state index is 13.4. The molecule has 0 aromatic carbocycles. The maximum Gasteiger partial charge on any atom is 0.336 e. The first-order valence-electron chi connectivity index (χ1n) is 16.7. The van der Waals surface area contributed by atoms with Crippen LogP contribution >= 0.6 is 0 Å². The Kier molecular flexibility index (Phi) is 7.73. The molecule has 0 aromatic heterocycles. The number of rotatable bonds is 6. The van der Waals surface area contributed by atoms with Crippen molar-refractivity contribution < 1.29 is 54.1 Å². The van der Waals surface area contributed by atoms with Gasteiger partial charge < -0.3 is 44.5 Å². The molecule has 0 radical (unpaired) electrons. The summed E-state index contributed by atoms with van der Waals surface area (Å²) >= 11 is 0. The molecule has 0 unspecified atom stereocenters. The monoisotopic (exact) mass is 632 g/mol. The fourth-order valence-electron chi connectivity index (χ4n) is 10.8. The highest BCUT2D eigenvalue weighted by Crippen LogP contribution is 2.71. The molecule has 3 saturated carbocycles. The Hall–Kier alpha value is -1.70. The highest BCUT2D eigenvalue weighted by molar-refractivity contribution is 5.97. The van der Waals surface area contributed by atoms with Crippen LogP contribution in [0.1, 0.15) is 66.2 Å². The molecule has 2 saturated heterocycles. The number of hydrogen-bond donors (Lipinski definition) is 5. The minimum atomic E-state index is -1.56. The number of carbonyl (C=O) groups excluding carboxylic acids is 2. The summed E-state index contributed by atoms with van der Waals surface area (Å²) in [5, 5.41) is 51.7. The highest BCUT2D eigenvalue weighted by Gasteiger charge is 2.77.